The topological polar surface area (TPSA) is 62.3 Å². The van der Waals surface area contributed by atoms with Crippen LogP contribution < -0.4 is 5.32 Å². The number of halogens is 1. The zero-order valence-electron chi connectivity index (χ0n) is 11.8. The van der Waals surface area contributed by atoms with Gasteiger partial charge in [-0.1, -0.05) is 24.9 Å². The van der Waals surface area contributed by atoms with E-state index in [1.54, 1.807) is 7.05 Å². The molecular formula is C13H20ClN3O2S. The van der Waals surface area contributed by atoms with Crippen LogP contribution in [0.3, 0.4) is 0 Å². The van der Waals surface area contributed by atoms with E-state index in [4.69, 9.17) is 11.6 Å². The number of aromatic nitrogens is 1. The van der Waals surface area contributed by atoms with Gasteiger partial charge >= 0.3 is 0 Å². The summed E-state index contributed by atoms with van der Waals surface area (Å²) in [5.74, 6) is 0.527. The van der Waals surface area contributed by atoms with E-state index in [0.29, 0.717) is 10.8 Å². The van der Waals surface area contributed by atoms with E-state index >= 15 is 0 Å². The quantitative estimate of drug-likeness (QED) is 0.876. The zero-order valence-corrected chi connectivity index (χ0v) is 13.3. The summed E-state index contributed by atoms with van der Waals surface area (Å²) in [6, 6.07) is 1.58. The van der Waals surface area contributed by atoms with Crippen molar-refractivity contribution in [2.24, 2.45) is 0 Å². The standard InChI is InChI=1S/C13H20ClN3O2S/c1-3-7-15-13-12(14)8-11(9-16-13)20(18,19)17(2)10-5-4-6-10/h8-10H,3-7H2,1-2H3,(H,15,16). The summed E-state index contributed by atoms with van der Waals surface area (Å²) in [6.07, 6.45) is 5.25. The third-order valence-electron chi connectivity index (χ3n) is 3.62. The molecule has 0 radical (unpaired) electrons. The lowest BCUT2D eigenvalue weighted by molar-refractivity contribution is 0.249. The van der Waals surface area contributed by atoms with Crippen molar-refractivity contribution in [2.45, 2.75) is 43.5 Å². The minimum absolute atomic E-state index is 0.108. The van der Waals surface area contributed by atoms with Crippen molar-refractivity contribution in [3.05, 3.63) is 17.3 Å². The fourth-order valence-corrected chi connectivity index (χ4v) is 3.73. The number of rotatable bonds is 6. The molecule has 5 nitrogen and oxygen atoms in total. The number of nitrogens with one attached hydrogen (secondary N) is 1. The Morgan fingerprint density at radius 3 is 2.70 bits per heavy atom. The van der Waals surface area contributed by atoms with Crippen LogP contribution >= 0.6 is 11.6 Å². The third-order valence-corrected chi connectivity index (χ3v) is 5.79. The summed E-state index contributed by atoms with van der Waals surface area (Å²) < 4.78 is 26.3. The Bertz CT molecular complexity index is 573. The molecule has 1 aliphatic carbocycles. The van der Waals surface area contributed by atoms with Crippen LogP contribution in [0.5, 0.6) is 0 Å². The predicted molar refractivity (Wildman–Crippen MR) is 80.6 cm³/mol. The molecule has 1 heterocycles. The van der Waals surface area contributed by atoms with E-state index in [1.807, 2.05) is 6.92 Å². The van der Waals surface area contributed by atoms with Gasteiger partial charge in [0.15, 0.2) is 0 Å². The van der Waals surface area contributed by atoms with E-state index < -0.39 is 10.0 Å². The van der Waals surface area contributed by atoms with Crippen LogP contribution in [-0.4, -0.2) is 37.3 Å². The van der Waals surface area contributed by atoms with Gasteiger partial charge in [-0.2, -0.15) is 4.31 Å². The molecule has 0 aromatic carbocycles. The SMILES string of the molecule is CCCNc1ncc(S(=O)(=O)N(C)C2CCC2)cc1Cl. The van der Waals surface area contributed by atoms with Crippen molar-refractivity contribution in [1.29, 1.82) is 0 Å². The number of hydrogen-bond acceptors (Lipinski definition) is 4. The highest BCUT2D eigenvalue weighted by molar-refractivity contribution is 7.89. The third kappa shape index (κ3) is 3.07. The Labute approximate surface area is 125 Å². The van der Waals surface area contributed by atoms with E-state index in [2.05, 4.69) is 10.3 Å². The lowest BCUT2D eigenvalue weighted by Gasteiger charge is -2.33. The van der Waals surface area contributed by atoms with Gasteiger partial charge in [-0.3, -0.25) is 0 Å². The smallest absolute Gasteiger partial charge is 0.244 e. The molecule has 0 saturated heterocycles. The normalized spacial score (nSPS) is 16.2. The van der Waals surface area contributed by atoms with E-state index in [0.717, 1.165) is 32.2 Å². The molecule has 1 aromatic rings. The van der Waals surface area contributed by atoms with Gasteiger partial charge in [0.2, 0.25) is 10.0 Å². The first-order valence-corrected chi connectivity index (χ1v) is 8.66. The minimum atomic E-state index is -3.50. The van der Waals surface area contributed by atoms with Crippen LogP contribution in [0.4, 0.5) is 5.82 Å². The maximum absolute atomic E-state index is 12.5. The molecule has 0 bridgehead atoms. The lowest BCUT2D eigenvalue weighted by atomic mass is 9.94. The molecule has 0 amide bonds. The Kier molecular flexibility index (Phi) is 4.88. The van der Waals surface area contributed by atoms with Crippen molar-refractivity contribution in [3.8, 4) is 0 Å². The van der Waals surface area contributed by atoms with Gasteiger partial charge in [0, 0.05) is 25.8 Å². The monoisotopic (exact) mass is 317 g/mol. The highest BCUT2D eigenvalue weighted by atomic mass is 35.5. The first kappa shape index (κ1) is 15.5. The predicted octanol–water partition coefficient (Wildman–Crippen LogP) is 2.73. The van der Waals surface area contributed by atoms with Crippen LogP contribution in [0, 0.1) is 0 Å². The summed E-state index contributed by atoms with van der Waals surface area (Å²) in [6.45, 7) is 2.79. The van der Waals surface area contributed by atoms with Crippen molar-refractivity contribution in [2.75, 3.05) is 18.9 Å². The Balaban J connectivity index is 2.21. The molecule has 1 fully saturated rings. The van der Waals surface area contributed by atoms with E-state index in [1.165, 1.54) is 16.6 Å². The second-order valence-electron chi connectivity index (χ2n) is 5.03. The fraction of sp³-hybridized carbons (Fsp3) is 0.615. The molecule has 0 unspecified atom stereocenters. The molecule has 0 atom stereocenters. The molecule has 0 spiro atoms. The Morgan fingerprint density at radius 1 is 1.50 bits per heavy atom. The van der Waals surface area contributed by atoms with Crippen LogP contribution in [0.15, 0.2) is 17.2 Å². The molecule has 2 rings (SSSR count). The van der Waals surface area contributed by atoms with Crippen LogP contribution in [0.1, 0.15) is 32.6 Å². The van der Waals surface area contributed by atoms with Crippen molar-refractivity contribution < 1.29 is 8.42 Å². The number of pyridine rings is 1. The minimum Gasteiger partial charge on any atom is -0.369 e. The average molecular weight is 318 g/mol. The largest absolute Gasteiger partial charge is 0.369 e. The maximum atomic E-state index is 12.5. The summed E-state index contributed by atoms with van der Waals surface area (Å²) in [7, 11) is -1.88. The highest BCUT2D eigenvalue weighted by Gasteiger charge is 2.32. The van der Waals surface area contributed by atoms with E-state index in [9.17, 15) is 8.42 Å². The molecular weight excluding hydrogens is 298 g/mol. The molecule has 7 heteroatoms. The first-order chi connectivity index (χ1) is 9.46. The van der Waals surface area contributed by atoms with Gasteiger partial charge < -0.3 is 5.32 Å². The number of anilines is 1. The number of sulfonamides is 1. The van der Waals surface area contributed by atoms with Crippen molar-refractivity contribution in [1.82, 2.24) is 9.29 Å². The van der Waals surface area contributed by atoms with Gasteiger partial charge in [0.1, 0.15) is 10.7 Å². The number of hydrogen-bond donors (Lipinski definition) is 1. The second kappa shape index (κ2) is 6.28. The summed E-state index contributed by atoms with van der Waals surface area (Å²) in [5.41, 5.74) is 0. The summed E-state index contributed by atoms with van der Waals surface area (Å²) in [4.78, 5) is 4.27. The van der Waals surface area contributed by atoms with Crippen LogP contribution in [0.25, 0.3) is 0 Å². The van der Waals surface area contributed by atoms with Crippen LogP contribution in [0.2, 0.25) is 5.02 Å². The summed E-state index contributed by atoms with van der Waals surface area (Å²) >= 11 is 6.10. The fourth-order valence-electron chi connectivity index (χ4n) is 2.05. The van der Waals surface area contributed by atoms with Crippen molar-refractivity contribution in [3.63, 3.8) is 0 Å². The summed E-state index contributed by atoms with van der Waals surface area (Å²) in [5, 5.41) is 3.40. The average Bonchev–Trinajstić information content (AvgIpc) is 2.35. The zero-order chi connectivity index (χ0) is 14.8. The van der Waals surface area contributed by atoms with Gasteiger partial charge in [-0.05, 0) is 25.3 Å². The molecule has 1 aromatic heterocycles. The van der Waals surface area contributed by atoms with Gasteiger partial charge in [-0.25, -0.2) is 13.4 Å². The molecule has 0 aliphatic heterocycles. The van der Waals surface area contributed by atoms with Gasteiger partial charge in [0.05, 0.1) is 5.02 Å². The first-order valence-electron chi connectivity index (χ1n) is 6.84. The molecule has 1 aliphatic rings. The molecule has 112 valence electrons. The highest BCUT2D eigenvalue weighted by Crippen LogP contribution is 2.30. The maximum Gasteiger partial charge on any atom is 0.244 e. The van der Waals surface area contributed by atoms with E-state index in [-0.39, 0.29) is 10.9 Å². The lowest BCUT2D eigenvalue weighted by Crippen LogP contribution is -2.41. The Hall–Kier alpha value is -0.850. The van der Waals surface area contributed by atoms with Crippen LogP contribution in [-0.2, 0) is 10.0 Å². The second-order valence-corrected chi connectivity index (χ2v) is 7.44. The molecule has 20 heavy (non-hydrogen) atoms. The molecule has 1 saturated carbocycles. The van der Waals surface area contributed by atoms with Gasteiger partial charge in [-0.15, -0.1) is 0 Å². The van der Waals surface area contributed by atoms with Gasteiger partial charge in [0.25, 0.3) is 0 Å². The molecule has 1 N–H and O–H groups in total. The Morgan fingerprint density at radius 2 is 2.20 bits per heavy atom. The van der Waals surface area contributed by atoms with Crippen molar-refractivity contribution >= 4 is 27.4 Å². The number of nitrogens with zero attached hydrogens (tertiary/aromatic N) is 2.